The number of nitrogens with zero attached hydrogens (tertiary/aromatic N) is 1. The number of rotatable bonds is 4. The van der Waals surface area contributed by atoms with E-state index < -0.39 is 11.3 Å². The van der Waals surface area contributed by atoms with Gasteiger partial charge in [-0.3, -0.25) is 19.3 Å². The average molecular weight is 228 g/mol. The van der Waals surface area contributed by atoms with Crippen LogP contribution in [0.4, 0.5) is 0 Å². The van der Waals surface area contributed by atoms with E-state index in [1.54, 1.807) is 13.8 Å². The van der Waals surface area contributed by atoms with Gasteiger partial charge < -0.3 is 10.4 Å². The predicted molar refractivity (Wildman–Crippen MR) is 55.2 cm³/mol. The van der Waals surface area contributed by atoms with Crippen LogP contribution in [0.3, 0.4) is 0 Å². The van der Waals surface area contributed by atoms with E-state index in [-0.39, 0.29) is 37.9 Å². The van der Waals surface area contributed by atoms with Gasteiger partial charge in [-0.15, -0.1) is 0 Å². The predicted octanol–water partition coefficient (Wildman–Crippen LogP) is -1.12. The van der Waals surface area contributed by atoms with Gasteiger partial charge in [-0.2, -0.15) is 0 Å². The van der Waals surface area contributed by atoms with Crippen molar-refractivity contribution in [2.45, 2.75) is 20.3 Å². The molecule has 0 aliphatic carbocycles. The van der Waals surface area contributed by atoms with Gasteiger partial charge in [0.25, 0.3) is 0 Å². The molecule has 0 atom stereocenters. The molecule has 1 saturated heterocycles. The topological polar surface area (TPSA) is 86.7 Å². The number of imide groups is 1. The van der Waals surface area contributed by atoms with Crippen LogP contribution in [0.5, 0.6) is 0 Å². The van der Waals surface area contributed by atoms with Crippen LogP contribution in [0, 0.1) is 5.41 Å². The van der Waals surface area contributed by atoms with Crippen molar-refractivity contribution in [3.8, 4) is 0 Å². The highest BCUT2D eigenvalue weighted by molar-refractivity contribution is 6.07. The molecule has 6 nitrogen and oxygen atoms in total. The van der Waals surface area contributed by atoms with Gasteiger partial charge in [0, 0.05) is 13.0 Å². The van der Waals surface area contributed by atoms with E-state index >= 15 is 0 Å². The second-order valence-electron chi connectivity index (χ2n) is 4.42. The van der Waals surface area contributed by atoms with E-state index in [1.165, 1.54) is 0 Å². The molecule has 6 heteroatoms. The van der Waals surface area contributed by atoms with Crippen LogP contribution < -0.4 is 5.32 Å². The second-order valence-corrected chi connectivity index (χ2v) is 4.42. The molecular weight excluding hydrogens is 212 g/mol. The number of aliphatic hydroxyl groups is 1. The number of likely N-dealkylation sites (tertiary alicyclic amines) is 1. The zero-order valence-corrected chi connectivity index (χ0v) is 9.45. The molecule has 3 amide bonds. The van der Waals surface area contributed by atoms with Crippen molar-refractivity contribution in [3.63, 3.8) is 0 Å². The lowest BCUT2D eigenvalue weighted by Crippen LogP contribution is -2.42. The minimum absolute atomic E-state index is 0.123. The zero-order valence-electron chi connectivity index (χ0n) is 9.45. The highest BCUT2D eigenvalue weighted by Crippen LogP contribution is 2.31. The first-order chi connectivity index (χ1) is 7.38. The molecule has 0 bridgehead atoms. The lowest BCUT2D eigenvalue weighted by molar-refractivity contribution is -0.144. The normalized spacial score (nSPS) is 19.1. The number of nitrogens with one attached hydrogen (secondary N) is 1. The number of amides is 3. The lowest BCUT2D eigenvalue weighted by atomic mass is 9.92. The fourth-order valence-electron chi connectivity index (χ4n) is 1.58. The van der Waals surface area contributed by atoms with Gasteiger partial charge in [-0.25, -0.2) is 0 Å². The van der Waals surface area contributed by atoms with E-state index in [9.17, 15) is 14.4 Å². The first-order valence-electron chi connectivity index (χ1n) is 5.11. The summed E-state index contributed by atoms with van der Waals surface area (Å²) in [5, 5.41) is 10.9. The van der Waals surface area contributed by atoms with Crippen molar-refractivity contribution in [3.05, 3.63) is 0 Å². The Morgan fingerprint density at radius 3 is 2.56 bits per heavy atom. The molecule has 0 unspecified atom stereocenters. The number of aliphatic hydroxyl groups excluding tert-OH is 1. The molecule has 1 heterocycles. The SMILES string of the molecule is CC1(C)CC(=O)N(CC(=O)NCCO)C1=O. The highest BCUT2D eigenvalue weighted by atomic mass is 16.3. The molecule has 2 N–H and O–H groups in total. The summed E-state index contributed by atoms with van der Waals surface area (Å²) in [5.41, 5.74) is -0.714. The molecule has 0 radical (unpaired) electrons. The first kappa shape index (κ1) is 12.6. The molecular formula is C10H16N2O4. The maximum atomic E-state index is 11.7. The summed E-state index contributed by atoms with van der Waals surface area (Å²) in [6.45, 7) is 3.05. The Labute approximate surface area is 93.6 Å². The van der Waals surface area contributed by atoms with Gasteiger partial charge in [-0.05, 0) is 0 Å². The van der Waals surface area contributed by atoms with E-state index in [2.05, 4.69) is 5.32 Å². The maximum Gasteiger partial charge on any atom is 0.240 e. The van der Waals surface area contributed by atoms with Crippen molar-refractivity contribution in [2.75, 3.05) is 19.7 Å². The summed E-state index contributed by atoms with van der Waals surface area (Å²) in [7, 11) is 0. The molecule has 0 saturated carbocycles. The van der Waals surface area contributed by atoms with Crippen molar-refractivity contribution in [1.29, 1.82) is 0 Å². The standard InChI is InChI=1S/C10H16N2O4/c1-10(2)5-8(15)12(9(10)16)6-7(14)11-3-4-13/h13H,3-6H2,1-2H3,(H,11,14). The summed E-state index contributed by atoms with van der Waals surface area (Å²) >= 11 is 0. The fourth-order valence-corrected chi connectivity index (χ4v) is 1.58. The quantitative estimate of drug-likeness (QED) is 0.597. The van der Waals surface area contributed by atoms with Crippen LogP contribution in [0.25, 0.3) is 0 Å². The third-order valence-corrected chi connectivity index (χ3v) is 2.45. The van der Waals surface area contributed by atoms with E-state index in [4.69, 9.17) is 5.11 Å². The van der Waals surface area contributed by atoms with Gasteiger partial charge >= 0.3 is 0 Å². The molecule has 1 aliphatic rings. The monoisotopic (exact) mass is 228 g/mol. The van der Waals surface area contributed by atoms with Crippen LogP contribution in [0.15, 0.2) is 0 Å². The summed E-state index contributed by atoms with van der Waals surface area (Å²) < 4.78 is 0. The maximum absolute atomic E-state index is 11.7. The minimum atomic E-state index is -0.714. The van der Waals surface area contributed by atoms with E-state index in [1.807, 2.05) is 0 Å². The second kappa shape index (κ2) is 4.61. The van der Waals surface area contributed by atoms with Crippen LogP contribution in [-0.2, 0) is 14.4 Å². The Balaban J connectivity index is 2.58. The highest BCUT2D eigenvalue weighted by Gasteiger charge is 2.45. The first-order valence-corrected chi connectivity index (χ1v) is 5.11. The van der Waals surface area contributed by atoms with Gasteiger partial charge in [0.15, 0.2) is 0 Å². The molecule has 0 aromatic heterocycles. The number of carbonyl (C=O) groups is 3. The number of hydrogen-bond acceptors (Lipinski definition) is 4. The Bertz CT molecular complexity index is 325. The Hall–Kier alpha value is -1.43. The number of carbonyl (C=O) groups excluding carboxylic acids is 3. The molecule has 0 aromatic rings. The molecule has 0 aromatic carbocycles. The van der Waals surface area contributed by atoms with Crippen molar-refractivity contribution >= 4 is 17.7 Å². The number of hydrogen-bond donors (Lipinski definition) is 2. The average Bonchev–Trinajstić information content (AvgIpc) is 2.38. The molecule has 0 spiro atoms. The molecule has 90 valence electrons. The Kier molecular flexibility index (Phi) is 3.64. The summed E-state index contributed by atoms with van der Waals surface area (Å²) in [6.07, 6.45) is 0.138. The van der Waals surface area contributed by atoms with Crippen LogP contribution in [-0.4, -0.2) is 47.4 Å². The smallest absolute Gasteiger partial charge is 0.240 e. The largest absolute Gasteiger partial charge is 0.395 e. The van der Waals surface area contributed by atoms with Crippen LogP contribution in [0.2, 0.25) is 0 Å². The van der Waals surface area contributed by atoms with Gasteiger partial charge in [0.2, 0.25) is 17.7 Å². The summed E-state index contributed by atoms with van der Waals surface area (Å²) in [4.78, 5) is 35.5. The van der Waals surface area contributed by atoms with Gasteiger partial charge in [-0.1, -0.05) is 13.8 Å². The molecule has 1 fully saturated rings. The van der Waals surface area contributed by atoms with Crippen molar-refractivity contribution < 1.29 is 19.5 Å². The Morgan fingerprint density at radius 2 is 2.12 bits per heavy atom. The van der Waals surface area contributed by atoms with E-state index in [0.717, 1.165) is 4.90 Å². The lowest BCUT2D eigenvalue weighted by Gasteiger charge is -2.17. The van der Waals surface area contributed by atoms with Gasteiger partial charge in [0.05, 0.1) is 12.0 Å². The fraction of sp³-hybridized carbons (Fsp3) is 0.700. The Morgan fingerprint density at radius 1 is 1.50 bits per heavy atom. The van der Waals surface area contributed by atoms with E-state index in [0.29, 0.717) is 0 Å². The zero-order chi connectivity index (χ0) is 12.3. The third-order valence-electron chi connectivity index (χ3n) is 2.45. The van der Waals surface area contributed by atoms with Crippen molar-refractivity contribution in [2.24, 2.45) is 5.41 Å². The van der Waals surface area contributed by atoms with Crippen molar-refractivity contribution in [1.82, 2.24) is 10.2 Å². The van der Waals surface area contributed by atoms with Crippen LogP contribution in [0.1, 0.15) is 20.3 Å². The summed E-state index contributed by atoms with van der Waals surface area (Å²) in [5.74, 6) is -1.08. The minimum Gasteiger partial charge on any atom is -0.395 e. The third kappa shape index (κ3) is 2.57. The molecule has 1 rings (SSSR count). The van der Waals surface area contributed by atoms with Crippen LogP contribution >= 0.6 is 0 Å². The molecule has 16 heavy (non-hydrogen) atoms. The summed E-state index contributed by atoms with van der Waals surface area (Å²) in [6, 6.07) is 0. The van der Waals surface area contributed by atoms with Gasteiger partial charge in [0.1, 0.15) is 6.54 Å². The molecule has 1 aliphatic heterocycles.